The number of aryl methyl sites for hydroxylation is 2. The van der Waals surface area contributed by atoms with Crippen LogP contribution in [0.15, 0.2) is 24.3 Å². The van der Waals surface area contributed by atoms with Crippen LogP contribution in [0.4, 0.5) is 14.3 Å². The Hall–Kier alpha value is -1.95. The first-order valence-electron chi connectivity index (χ1n) is 5.78. The summed E-state index contributed by atoms with van der Waals surface area (Å²) >= 11 is 1.43. The molecule has 2 rings (SSSR count). The normalized spacial score (nSPS) is 10.3. The summed E-state index contributed by atoms with van der Waals surface area (Å²) in [6.07, 6.45) is 0. The highest BCUT2D eigenvalue weighted by Gasteiger charge is 2.07. The first-order chi connectivity index (χ1) is 9.04. The van der Waals surface area contributed by atoms with E-state index < -0.39 is 0 Å². The molecule has 2 amide bonds. The van der Waals surface area contributed by atoms with E-state index in [1.807, 2.05) is 13.8 Å². The zero-order valence-electron chi connectivity index (χ0n) is 10.7. The van der Waals surface area contributed by atoms with Crippen molar-refractivity contribution in [2.24, 2.45) is 0 Å². The Morgan fingerprint density at radius 2 is 2.00 bits per heavy atom. The van der Waals surface area contributed by atoms with E-state index in [2.05, 4.69) is 15.6 Å². The van der Waals surface area contributed by atoms with Crippen LogP contribution in [0.3, 0.4) is 0 Å². The van der Waals surface area contributed by atoms with Crippen molar-refractivity contribution >= 4 is 22.5 Å². The molecule has 100 valence electrons. The number of rotatable bonds is 3. The number of carbonyl (C=O) groups is 1. The summed E-state index contributed by atoms with van der Waals surface area (Å²) in [4.78, 5) is 16.9. The number of hydrogen-bond donors (Lipinski definition) is 2. The molecule has 0 fully saturated rings. The Balaban J connectivity index is 1.86. The molecule has 0 saturated heterocycles. The summed E-state index contributed by atoms with van der Waals surface area (Å²) in [5.74, 6) is -0.290. The van der Waals surface area contributed by atoms with E-state index in [0.29, 0.717) is 11.7 Å². The molecule has 6 heteroatoms. The monoisotopic (exact) mass is 279 g/mol. The molecule has 0 unspecified atom stereocenters. The molecule has 1 heterocycles. The first kappa shape index (κ1) is 13.5. The van der Waals surface area contributed by atoms with Crippen LogP contribution in [0.25, 0.3) is 0 Å². The van der Waals surface area contributed by atoms with Gasteiger partial charge >= 0.3 is 6.03 Å². The first-order valence-corrected chi connectivity index (χ1v) is 6.59. The zero-order chi connectivity index (χ0) is 13.8. The fraction of sp³-hybridized carbons (Fsp3) is 0.231. The molecular weight excluding hydrogens is 265 g/mol. The van der Waals surface area contributed by atoms with E-state index >= 15 is 0 Å². The quantitative estimate of drug-likeness (QED) is 0.906. The number of benzene rings is 1. The molecule has 19 heavy (non-hydrogen) atoms. The second-order valence-electron chi connectivity index (χ2n) is 4.09. The summed E-state index contributed by atoms with van der Waals surface area (Å²) in [5, 5.41) is 5.93. The Bertz CT molecular complexity index is 561. The largest absolute Gasteiger partial charge is 0.334 e. The number of nitrogens with one attached hydrogen (secondary N) is 2. The van der Waals surface area contributed by atoms with Crippen LogP contribution in [-0.2, 0) is 6.54 Å². The lowest BCUT2D eigenvalue weighted by molar-refractivity contribution is 0.251. The van der Waals surface area contributed by atoms with E-state index in [9.17, 15) is 9.18 Å². The molecule has 0 radical (unpaired) electrons. The van der Waals surface area contributed by atoms with Gasteiger partial charge in [-0.25, -0.2) is 14.2 Å². The van der Waals surface area contributed by atoms with E-state index in [1.54, 1.807) is 12.1 Å². The third-order valence-corrected chi connectivity index (χ3v) is 3.60. The smallest absolute Gasteiger partial charge is 0.321 e. The molecule has 0 spiro atoms. The van der Waals surface area contributed by atoms with Gasteiger partial charge in [0.25, 0.3) is 0 Å². The third-order valence-electron chi connectivity index (χ3n) is 2.62. The SMILES string of the molecule is Cc1nc(NC(=O)NCc2ccc(F)cc2)sc1C. The fourth-order valence-corrected chi connectivity index (χ4v) is 2.26. The van der Waals surface area contributed by atoms with Crippen molar-refractivity contribution in [2.45, 2.75) is 20.4 Å². The van der Waals surface area contributed by atoms with Gasteiger partial charge in [0.15, 0.2) is 5.13 Å². The summed E-state index contributed by atoms with van der Waals surface area (Å²) in [7, 11) is 0. The number of urea groups is 1. The lowest BCUT2D eigenvalue weighted by Gasteiger charge is -2.05. The Labute approximate surface area is 114 Å². The molecule has 0 bridgehead atoms. The van der Waals surface area contributed by atoms with Crippen molar-refractivity contribution in [3.05, 3.63) is 46.2 Å². The van der Waals surface area contributed by atoms with Gasteiger partial charge in [-0.2, -0.15) is 0 Å². The van der Waals surface area contributed by atoms with Crippen LogP contribution in [0, 0.1) is 19.7 Å². The molecule has 0 aliphatic rings. The van der Waals surface area contributed by atoms with Crippen LogP contribution in [-0.4, -0.2) is 11.0 Å². The predicted octanol–water partition coefficient (Wildman–Crippen LogP) is 3.22. The number of nitrogens with zero attached hydrogens (tertiary/aromatic N) is 1. The summed E-state index contributed by atoms with van der Waals surface area (Å²) < 4.78 is 12.7. The lowest BCUT2D eigenvalue weighted by atomic mass is 10.2. The van der Waals surface area contributed by atoms with E-state index in [0.717, 1.165) is 16.1 Å². The molecule has 0 atom stereocenters. The number of aromatic nitrogens is 1. The fourth-order valence-electron chi connectivity index (χ4n) is 1.45. The maximum atomic E-state index is 12.7. The van der Waals surface area contributed by atoms with Crippen molar-refractivity contribution in [1.29, 1.82) is 0 Å². The van der Waals surface area contributed by atoms with Gasteiger partial charge in [-0.1, -0.05) is 12.1 Å². The molecule has 0 aliphatic carbocycles. The van der Waals surface area contributed by atoms with Gasteiger partial charge in [0.05, 0.1) is 5.69 Å². The van der Waals surface area contributed by atoms with Gasteiger partial charge in [-0.05, 0) is 31.5 Å². The van der Waals surface area contributed by atoms with Gasteiger partial charge in [-0.15, -0.1) is 11.3 Å². The number of halogens is 1. The maximum absolute atomic E-state index is 12.7. The van der Waals surface area contributed by atoms with E-state index in [-0.39, 0.29) is 11.8 Å². The minimum Gasteiger partial charge on any atom is -0.334 e. The topological polar surface area (TPSA) is 54.0 Å². The number of thiazole rings is 1. The minimum absolute atomic E-state index is 0.290. The molecule has 0 aliphatic heterocycles. The van der Waals surface area contributed by atoms with Crippen LogP contribution < -0.4 is 10.6 Å². The zero-order valence-corrected chi connectivity index (χ0v) is 11.5. The number of amides is 2. The van der Waals surface area contributed by atoms with Crippen LogP contribution in [0.2, 0.25) is 0 Å². The number of hydrogen-bond acceptors (Lipinski definition) is 3. The molecule has 2 aromatic rings. The van der Waals surface area contributed by atoms with Gasteiger partial charge in [0.2, 0.25) is 0 Å². The van der Waals surface area contributed by atoms with Crippen molar-refractivity contribution in [2.75, 3.05) is 5.32 Å². The summed E-state index contributed by atoms with van der Waals surface area (Å²) in [5.41, 5.74) is 1.75. The average molecular weight is 279 g/mol. The van der Waals surface area contributed by atoms with E-state index in [4.69, 9.17) is 0 Å². The number of carbonyl (C=O) groups excluding carboxylic acids is 1. The lowest BCUT2D eigenvalue weighted by Crippen LogP contribution is -2.28. The molecular formula is C13H14FN3OS. The maximum Gasteiger partial charge on any atom is 0.321 e. The van der Waals surface area contributed by atoms with E-state index in [1.165, 1.54) is 23.5 Å². The van der Waals surface area contributed by atoms with Crippen molar-refractivity contribution in [3.63, 3.8) is 0 Å². The highest BCUT2D eigenvalue weighted by atomic mass is 32.1. The van der Waals surface area contributed by atoms with Crippen molar-refractivity contribution in [1.82, 2.24) is 10.3 Å². The molecule has 4 nitrogen and oxygen atoms in total. The minimum atomic E-state index is -0.321. The Morgan fingerprint density at radius 1 is 1.32 bits per heavy atom. The second kappa shape index (κ2) is 5.79. The highest BCUT2D eigenvalue weighted by Crippen LogP contribution is 2.20. The second-order valence-corrected chi connectivity index (χ2v) is 5.30. The average Bonchev–Trinajstić information content (AvgIpc) is 2.67. The van der Waals surface area contributed by atoms with Crippen LogP contribution in [0.1, 0.15) is 16.1 Å². The summed E-state index contributed by atoms with van der Waals surface area (Å²) in [6, 6.07) is 5.67. The molecule has 1 aromatic carbocycles. The predicted molar refractivity (Wildman–Crippen MR) is 73.8 cm³/mol. The molecule has 2 N–H and O–H groups in total. The highest BCUT2D eigenvalue weighted by molar-refractivity contribution is 7.15. The molecule has 1 aromatic heterocycles. The van der Waals surface area contributed by atoms with Gasteiger partial charge in [0.1, 0.15) is 5.82 Å². The van der Waals surface area contributed by atoms with Crippen molar-refractivity contribution < 1.29 is 9.18 Å². The standard InChI is InChI=1S/C13H14FN3OS/c1-8-9(2)19-13(16-8)17-12(18)15-7-10-3-5-11(14)6-4-10/h3-6H,7H2,1-2H3,(H2,15,16,17,18). The van der Waals surface area contributed by atoms with Crippen LogP contribution in [0.5, 0.6) is 0 Å². The molecule has 0 saturated carbocycles. The Kier molecular flexibility index (Phi) is 4.11. The van der Waals surface area contributed by atoms with Gasteiger partial charge in [0, 0.05) is 11.4 Å². The van der Waals surface area contributed by atoms with Gasteiger partial charge in [-0.3, -0.25) is 5.32 Å². The van der Waals surface area contributed by atoms with Crippen molar-refractivity contribution in [3.8, 4) is 0 Å². The van der Waals surface area contributed by atoms with Gasteiger partial charge < -0.3 is 5.32 Å². The third kappa shape index (κ3) is 3.75. The summed E-state index contributed by atoms with van der Waals surface area (Å²) in [6.45, 7) is 4.19. The Morgan fingerprint density at radius 3 is 2.58 bits per heavy atom. The number of anilines is 1. The van der Waals surface area contributed by atoms with Crippen LogP contribution >= 0.6 is 11.3 Å².